The number of benzene rings is 2. The molecule has 5 aromatic rings. The maximum absolute atomic E-state index is 12.2. The Balaban J connectivity index is 0.000000405. The van der Waals surface area contributed by atoms with E-state index in [-0.39, 0.29) is 5.91 Å². The monoisotopic (exact) mass is 549 g/mol. The molecule has 3 aromatic heterocycles. The number of aromatic nitrogens is 6. The first-order valence-electron chi connectivity index (χ1n) is 10.2. The van der Waals surface area contributed by atoms with Gasteiger partial charge in [-0.15, -0.1) is 0 Å². The number of fused-ring (bicyclic) bond motifs is 1. The van der Waals surface area contributed by atoms with Crippen LogP contribution in [0.5, 0.6) is 0 Å². The summed E-state index contributed by atoms with van der Waals surface area (Å²) in [7, 11) is 0. The Labute approximate surface area is 214 Å². The van der Waals surface area contributed by atoms with E-state index in [2.05, 4.69) is 34.8 Å². The van der Waals surface area contributed by atoms with Gasteiger partial charge in [-0.3, -0.25) is 9.89 Å². The van der Waals surface area contributed by atoms with Crippen molar-refractivity contribution in [2.24, 2.45) is 0 Å². The van der Waals surface area contributed by atoms with Gasteiger partial charge in [-0.2, -0.15) is 22.6 Å². The quantitative estimate of drug-likeness (QED) is 0.243. The SMILES string of the molecule is O=C(Nc1cccc(-c2nsc(Cc3ccc4[nH]ncc4c3Cl)n2)c1)c1cnc[nH]1.O=C(O)C(F)(F)F. The Morgan fingerprint density at radius 3 is 2.65 bits per heavy atom. The summed E-state index contributed by atoms with van der Waals surface area (Å²) in [6.07, 6.45) is 0.145. The fourth-order valence-corrected chi connectivity index (χ4v) is 4.05. The van der Waals surface area contributed by atoms with Gasteiger partial charge >= 0.3 is 12.1 Å². The van der Waals surface area contributed by atoms with Gasteiger partial charge in [0.25, 0.3) is 5.91 Å². The van der Waals surface area contributed by atoms with Gasteiger partial charge in [0.2, 0.25) is 0 Å². The zero-order valence-corrected chi connectivity index (χ0v) is 19.9. The average molecular weight is 550 g/mol. The molecule has 0 spiro atoms. The van der Waals surface area contributed by atoms with E-state index in [1.165, 1.54) is 24.1 Å². The van der Waals surface area contributed by atoms with Crippen LogP contribution in [-0.2, 0) is 11.2 Å². The summed E-state index contributed by atoms with van der Waals surface area (Å²) < 4.78 is 36.2. The second-order valence-corrected chi connectivity index (χ2v) is 8.58. The number of amides is 1. The van der Waals surface area contributed by atoms with E-state index in [0.29, 0.717) is 28.6 Å². The summed E-state index contributed by atoms with van der Waals surface area (Å²) in [5, 5.41) is 19.3. The number of H-pyrrole nitrogens is 2. The summed E-state index contributed by atoms with van der Waals surface area (Å²) in [4.78, 5) is 32.4. The topological polar surface area (TPSA) is 150 Å². The molecule has 5 rings (SSSR count). The molecule has 0 atom stereocenters. The Morgan fingerprint density at radius 1 is 1.16 bits per heavy atom. The molecule has 0 saturated heterocycles. The molecule has 0 aliphatic carbocycles. The predicted molar refractivity (Wildman–Crippen MR) is 129 cm³/mol. The predicted octanol–water partition coefficient (Wildman–Crippen LogP) is 4.93. The summed E-state index contributed by atoms with van der Waals surface area (Å²) in [5.74, 6) is -2.42. The lowest BCUT2D eigenvalue weighted by molar-refractivity contribution is -0.192. The maximum Gasteiger partial charge on any atom is 0.490 e. The van der Waals surface area contributed by atoms with Crippen molar-refractivity contribution >= 4 is 51.6 Å². The van der Waals surface area contributed by atoms with Gasteiger partial charge < -0.3 is 15.4 Å². The molecule has 0 fully saturated rings. The Morgan fingerprint density at radius 2 is 1.95 bits per heavy atom. The number of aromatic amines is 2. The average Bonchev–Trinajstić information content (AvgIpc) is 3.63. The van der Waals surface area contributed by atoms with Crippen molar-refractivity contribution in [2.75, 3.05) is 5.32 Å². The standard InChI is InChI=1S/C20H14ClN7OS.C2HF3O2/c21-18-11(4-5-15-14(18)8-24-27-15)7-17-26-19(28-30-17)12-2-1-3-13(6-12)25-20(29)16-9-22-10-23-16;3-2(4,5)1(6)7/h1-6,8-10H,7H2,(H,22,23)(H,24,27)(H,25,29);(H,6,7). The minimum absolute atomic E-state index is 0.263. The molecule has 0 radical (unpaired) electrons. The number of carboxylic acid groups (broad SMARTS) is 1. The lowest BCUT2D eigenvalue weighted by atomic mass is 10.1. The van der Waals surface area contributed by atoms with Crippen molar-refractivity contribution in [3.63, 3.8) is 0 Å². The van der Waals surface area contributed by atoms with Crippen molar-refractivity contribution < 1.29 is 27.9 Å². The van der Waals surface area contributed by atoms with Gasteiger partial charge in [0, 0.05) is 23.1 Å². The molecular formula is C22H15ClF3N7O3S. The van der Waals surface area contributed by atoms with Crippen LogP contribution < -0.4 is 5.32 Å². The number of anilines is 1. The minimum atomic E-state index is -5.08. The van der Waals surface area contributed by atoms with Crippen LogP contribution in [0.1, 0.15) is 21.1 Å². The van der Waals surface area contributed by atoms with Crippen molar-refractivity contribution in [1.82, 2.24) is 29.5 Å². The number of alkyl halides is 3. The van der Waals surface area contributed by atoms with Crippen LogP contribution in [-0.4, -0.2) is 52.7 Å². The first-order chi connectivity index (χ1) is 17.6. The Kier molecular flexibility index (Phi) is 7.50. The Bertz CT molecular complexity index is 1550. The highest BCUT2D eigenvalue weighted by Crippen LogP contribution is 2.29. The van der Waals surface area contributed by atoms with E-state index in [1.807, 2.05) is 36.4 Å². The Hall–Kier alpha value is -4.30. The number of hydrogen-bond donors (Lipinski definition) is 4. The summed E-state index contributed by atoms with van der Waals surface area (Å²) in [5.41, 5.74) is 3.72. The fraction of sp³-hybridized carbons (Fsp3) is 0.0909. The number of carbonyl (C=O) groups is 2. The molecule has 4 N–H and O–H groups in total. The molecule has 0 bridgehead atoms. The molecule has 2 aromatic carbocycles. The number of halogens is 4. The van der Waals surface area contributed by atoms with E-state index in [4.69, 9.17) is 21.5 Å². The van der Waals surface area contributed by atoms with E-state index in [1.54, 1.807) is 6.20 Å². The van der Waals surface area contributed by atoms with Gasteiger partial charge in [-0.05, 0) is 35.3 Å². The molecule has 0 saturated carbocycles. The second-order valence-electron chi connectivity index (χ2n) is 7.36. The van der Waals surface area contributed by atoms with Crippen LogP contribution in [0.25, 0.3) is 22.3 Å². The minimum Gasteiger partial charge on any atom is -0.475 e. The maximum atomic E-state index is 12.2. The number of nitrogens with one attached hydrogen (secondary N) is 3. The van der Waals surface area contributed by atoms with E-state index < -0.39 is 12.1 Å². The smallest absolute Gasteiger partial charge is 0.475 e. The molecule has 3 heterocycles. The third kappa shape index (κ3) is 6.29. The first-order valence-corrected chi connectivity index (χ1v) is 11.4. The lowest BCUT2D eigenvalue weighted by Crippen LogP contribution is -2.21. The highest BCUT2D eigenvalue weighted by atomic mass is 35.5. The van der Waals surface area contributed by atoms with Crippen molar-refractivity contribution in [1.29, 1.82) is 0 Å². The van der Waals surface area contributed by atoms with Crippen LogP contribution in [0.4, 0.5) is 18.9 Å². The number of rotatable bonds is 5. The number of hydrogen-bond acceptors (Lipinski definition) is 7. The number of carboxylic acids is 1. The zero-order valence-electron chi connectivity index (χ0n) is 18.4. The van der Waals surface area contributed by atoms with E-state index in [9.17, 15) is 18.0 Å². The molecular weight excluding hydrogens is 535 g/mol. The van der Waals surface area contributed by atoms with E-state index in [0.717, 1.165) is 27.0 Å². The molecule has 0 aliphatic heterocycles. The summed E-state index contributed by atoms with van der Waals surface area (Å²) in [6, 6.07) is 11.3. The molecule has 190 valence electrons. The number of nitrogens with zero attached hydrogens (tertiary/aromatic N) is 4. The van der Waals surface area contributed by atoms with Crippen molar-refractivity contribution in [3.05, 3.63) is 76.4 Å². The van der Waals surface area contributed by atoms with Gasteiger partial charge in [0.05, 0.1) is 29.3 Å². The van der Waals surface area contributed by atoms with E-state index >= 15 is 0 Å². The largest absolute Gasteiger partial charge is 0.490 e. The van der Waals surface area contributed by atoms with Crippen LogP contribution in [0.2, 0.25) is 5.02 Å². The van der Waals surface area contributed by atoms with Crippen LogP contribution in [0.15, 0.2) is 55.1 Å². The third-order valence-corrected chi connectivity index (χ3v) is 5.97. The van der Waals surface area contributed by atoms with Gasteiger partial charge in [-0.25, -0.2) is 14.8 Å². The van der Waals surface area contributed by atoms with Gasteiger partial charge in [-0.1, -0.05) is 29.8 Å². The van der Waals surface area contributed by atoms with Crippen molar-refractivity contribution in [3.8, 4) is 11.4 Å². The van der Waals surface area contributed by atoms with Crippen LogP contribution in [0, 0.1) is 0 Å². The normalized spacial score (nSPS) is 11.1. The molecule has 37 heavy (non-hydrogen) atoms. The molecule has 1 amide bonds. The number of imidazole rings is 1. The summed E-state index contributed by atoms with van der Waals surface area (Å²) >= 11 is 7.85. The van der Waals surface area contributed by atoms with Crippen LogP contribution in [0.3, 0.4) is 0 Å². The first kappa shape index (κ1) is 25.8. The molecule has 0 aliphatic rings. The van der Waals surface area contributed by atoms with Gasteiger partial charge in [0.1, 0.15) is 10.7 Å². The van der Waals surface area contributed by atoms with Crippen LogP contribution >= 0.6 is 23.1 Å². The van der Waals surface area contributed by atoms with Gasteiger partial charge in [0.15, 0.2) is 5.82 Å². The molecule has 15 heteroatoms. The second kappa shape index (κ2) is 10.8. The van der Waals surface area contributed by atoms with Crippen molar-refractivity contribution in [2.45, 2.75) is 12.6 Å². The lowest BCUT2D eigenvalue weighted by Gasteiger charge is -2.05. The number of carbonyl (C=O) groups excluding carboxylic acids is 1. The highest BCUT2D eigenvalue weighted by Gasteiger charge is 2.38. The fourth-order valence-electron chi connectivity index (χ4n) is 3.09. The highest BCUT2D eigenvalue weighted by molar-refractivity contribution is 7.05. The zero-order chi connectivity index (χ0) is 26.6. The molecule has 0 unspecified atom stereocenters. The third-order valence-electron chi connectivity index (χ3n) is 4.81. The number of aliphatic carboxylic acids is 1. The summed E-state index contributed by atoms with van der Waals surface area (Å²) in [6.45, 7) is 0. The molecule has 10 nitrogen and oxygen atoms in total.